The minimum atomic E-state index is -3.98. The van der Waals surface area contributed by atoms with Crippen LogP contribution >= 0.6 is 11.8 Å². The summed E-state index contributed by atoms with van der Waals surface area (Å²) >= 11 is 1.06. The van der Waals surface area contributed by atoms with E-state index in [4.69, 9.17) is 9.47 Å². The number of ether oxygens (including phenoxy) is 2. The van der Waals surface area contributed by atoms with Crippen LogP contribution in [0, 0.1) is 0 Å². The molecule has 4 rings (SSSR count). The molecule has 2 heterocycles. The number of hydrogen-bond acceptors (Lipinski definition) is 8. The number of aromatic nitrogens is 2. The van der Waals surface area contributed by atoms with Crippen molar-refractivity contribution in [2.24, 2.45) is 0 Å². The molecule has 1 aliphatic heterocycles. The van der Waals surface area contributed by atoms with Crippen molar-refractivity contribution in [1.82, 2.24) is 19.2 Å². The molecule has 1 aromatic heterocycles. The highest BCUT2D eigenvalue weighted by Gasteiger charge is 2.27. The lowest BCUT2D eigenvalue weighted by Crippen LogP contribution is -2.47. The first-order valence-corrected chi connectivity index (χ1v) is 14.0. The summed E-state index contributed by atoms with van der Waals surface area (Å²) in [4.78, 5) is 30.7. The molecule has 0 unspecified atom stereocenters. The topological polar surface area (TPSA) is 120 Å². The van der Waals surface area contributed by atoms with Gasteiger partial charge in [0.25, 0.3) is 10.0 Å². The van der Waals surface area contributed by atoms with Gasteiger partial charge in [0.15, 0.2) is 5.16 Å². The number of thioether (sulfide) groups is 1. The van der Waals surface area contributed by atoms with E-state index in [-0.39, 0.29) is 33.8 Å². The Hall–Kier alpha value is -3.25. The third kappa shape index (κ3) is 5.59. The zero-order valence-corrected chi connectivity index (χ0v) is 21.7. The highest BCUT2D eigenvalue weighted by atomic mass is 32.2. The maximum atomic E-state index is 13.5. The summed E-state index contributed by atoms with van der Waals surface area (Å²) in [6.45, 7) is 3.10. The van der Waals surface area contributed by atoms with Crippen LogP contribution in [0.25, 0.3) is 11.0 Å². The van der Waals surface area contributed by atoms with Gasteiger partial charge in [-0.1, -0.05) is 23.9 Å². The Balaban J connectivity index is 1.46. The number of fused-ring (bicyclic) bond motifs is 1. The van der Waals surface area contributed by atoms with E-state index in [9.17, 15) is 18.0 Å². The van der Waals surface area contributed by atoms with E-state index in [0.717, 1.165) is 11.8 Å². The Labute approximate surface area is 214 Å². The normalized spacial score (nSPS) is 14.6. The fourth-order valence-corrected chi connectivity index (χ4v) is 6.50. The van der Waals surface area contributed by atoms with Gasteiger partial charge in [-0.05, 0) is 56.2 Å². The Bertz CT molecular complexity index is 1330. The van der Waals surface area contributed by atoms with Gasteiger partial charge in [-0.2, -0.15) is 0 Å². The lowest BCUT2D eigenvalue weighted by Gasteiger charge is -2.31. The lowest BCUT2D eigenvalue weighted by molar-refractivity contribution is -0.119. The van der Waals surface area contributed by atoms with E-state index in [1.54, 1.807) is 48.2 Å². The molecule has 0 atom stereocenters. The quantitative estimate of drug-likeness (QED) is 0.440. The van der Waals surface area contributed by atoms with Gasteiger partial charge in [0, 0.05) is 19.1 Å². The molecule has 0 radical (unpaired) electrons. The average Bonchev–Trinajstić information content (AvgIpc) is 3.27. The van der Waals surface area contributed by atoms with E-state index in [1.165, 1.54) is 23.2 Å². The third-order valence-corrected chi connectivity index (χ3v) is 8.58. The minimum absolute atomic E-state index is 0.000451. The Kier molecular flexibility index (Phi) is 8.04. The van der Waals surface area contributed by atoms with Crippen molar-refractivity contribution >= 4 is 44.8 Å². The van der Waals surface area contributed by atoms with E-state index < -0.39 is 10.0 Å². The van der Waals surface area contributed by atoms with Gasteiger partial charge in [-0.15, -0.1) is 0 Å². The van der Waals surface area contributed by atoms with Crippen LogP contribution in [0.15, 0.2) is 58.6 Å². The van der Waals surface area contributed by atoms with Gasteiger partial charge >= 0.3 is 6.09 Å². The van der Waals surface area contributed by atoms with Crippen LogP contribution in [0.5, 0.6) is 5.75 Å². The number of methoxy groups -OCH3 is 1. The molecule has 2 amide bonds. The number of benzene rings is 2. The number of imidazole rings is 1. The second kappa shape index (κ2) is 11.2. The fraction of sp³-hybridized carbons (Fsp3) is 0.375. The number of piperidine rings is 1. The molecule has 3 aromatic rings. The first-order chi connectivity index (χ1) is 17.3. The van der Waals surface area contributed by atoms with Gasteiger partial charge < -0.3 is 19.7 Å². The van der Waals surface area contributed by atoms with Crippen LogP contribution in [0.2, 0.25) is 0 Å². The summed E-state index contributed by atoms with van der Waals surface area (Å²) in [6.07, 6.45) is 0.911. The maximum Gasteiger partial charge on any atom is 0.409 e. The number of para-hydroxylation sites is 2. The number of amides is 2. The van der Waals surface area contributed by atoms with Crippen LogP contribution in [-0.4, -0.2) is 72.9 Å². The second-order valence-corrected chi connectivity index (χ2v) is 10.9. The molecule has 192 valence electrons. The molecule has 1 saturated heterocycles. The van der Waals surface area contributed by atoms with Crippen LogP contribution in [0.3, 0.4) is 0 Å². The van der Waals surface area contributed by atoms with Crippen molar-refractivity contribution in [2.75, 3.05) is 32.6 Å². The molecule has 1 aliphatic rings. The van der Waals surface area contributed by atoms with E-state index >= 15 is 0 Å². The molecule has 1 N–H and O–H groups in total. The SMILES string of the molecule is CCOC(=O)N1CCC(NC(=O)CSc2nc3ccccc3n2S(=O)(=O)c2ccc(OC)cc2)CC1. The summed E-state index contributed by atoms with van der Waals surface area (Å²) in [5, 5.41) is 3.19. The molecular formula is C24H28N4O6S2. The maximum absolute atomic E-state index is 13.5. The standard InChI is InChI=1S/C24H28N4O6S2/c1-3-34-24(30)27-14-12-17(13-15-27)25-22(29)16-35-23-26-20-6-4-5-7-21(20)28(23)36(31,32)19-10-8-18(33-2)9-11-19/h4-11,17H,3,12-16H2,1-2H3,(H,25,29). The van der Waals surface area contributed by atoms with Crippen molar-refractivity contribution in [3.63, 3.8) is 0 Å². The first kappa shape index (κ1) is 25.8. The predicted molar refractivity (Wildman–Crippen MR) is 136 cm³/mol. The van der Waals surface area contributed by atoms with Gasteiger partial charge in [0.05, 0.1) is 35.4 Å². The second-order valence-electron chi connectivity index (χ2n) is 8.14. The molecule has 10 nitrogen and oxygen atoms in total. The number of carbonyl (C=O) groups excluding carboxylic acids is 2. The van der Waals surface area contributed by atoms with Crippen molar-refractivity contribution in [1.29, 1.82) is 0 Å². The molecule has 12 heteroatoms. The highest BCUT2D eigenvalue weighted by Crippen LogP contribution is 2.29. The minimum Gasteiger partial charge on any atom is -0.497 e. The van der Waals surface area contributed by atoms with Gasteiger partial charge in [0.1, 0.15) is 5.75 Å². The van der Waals surface area contributed by atoms with Gasteiger partial charge in [0.2, 0.25) is 5.91 Å². The number of rotatable bonds is 8. The summed E-state index contributed by atoms with van der Waals surface area (Å²) in [7, 11) is -2.46. The molecule has 1 fully saturated rings. The molecule has 36 heavy (non-hydrogen) atoms. The molecule has 0 spiro atoms. The number of nitrogens with one attached hydrogen (secondary N) is 1. The highest BCUT2D eigenvalue weighted by molar-refractivity contribution is 8.00. The molecule has 0 saturated carbocycles. The molecule has 0 aliphatic carbocycles. The van der Waals surface area contributed by atoms with Crippen molar-refractivity contribution in [3.05, 3.63) is 48.5 Å². The zero-order valence-electron chi connectivity index (χ0n) is 20.0. The van der Waals surface area contributed by atoms with Crippen LogP contribution in [-0.2, 0) is 19.6 Å². The van der Waals surface area contributed by atoms with Crippen molar-refractivity contribution in [2.45, 2.75) is 35.9 Å². The van der Waals surface area contributed by atoms with Crippen molar-refractivity contribution < 1.29 is 27.5 Å². The summed E-state index contributed by atoms with van der Waals surface area (Å²) in [5.41, 5.74) is 0.950. The van der Waals surface area contributed by atoms with E-state index in [0.29, 0.717) is 49.3 Å². The van der Waals surface area contributed by atoms with Gasteiger partial charge in [-0.3, -0.25) is 4.79 Å². The summed E-state index contributed by atoms with van der Waals surface area (Å²) in [5.74, 6) is 0.318. The fourth-order valence-electron chi connectivity index (χ4n) is 3.98. The summed E-state index contributed by atoms with van der Waals surface area (Å²) < 4.78 is 38.4. The van der Waals surface area contributed by atoms with Crippen LogP contribution < -0.4 is 10.1 Å². The number of nitrogens with zero attached hydrogens (tertiary/aromatic N) is 3. The number of hydrogen-bond donors (Lipinski definition) is 1. The zero-order chi connectivity index (χ0) is 25.7. The molecule has 0 bridgehead atoms. The monoisotopic (exact) mass is 532 g/mol. The van der Waals surface area contributed by atoms with Crippen molar-refractivity contribution in [3.8, 4) is 5.75 Å². The Morgan fingerprint density at radius 1 is 1.11 bits per heavy atom. The first-order valence-electron chi connectivity index (χ1n) is 11.5. The Morgan fingerprint density at radius 3 is 2.47 bits per heavy atom. The van der Waals surface area contributed by atoms with E-state index in [1.807, 2.05) is 0 Å². The largest absolute Gasteiger partial charge is 0.497 e. The predicted octanol–water partition coefficient (Wildman–Crippen LogP) is 3.11. The van der Waals surface area contributed by atoms with Gasteiger partial charge in [-0.25, -0.2) is 22.2 Å². The summed E-state index contributed by atoms with van der Waals surface area (Å²) in [6, 6.07) is 13.0. The Morgan fingerprint density at radius 2 is 1.81 bits per heavy atom. The number of carbonyl (C=O) groups is 2. The molecular weight excluding hydrogens is 504 g/mol. The van der Waals surface area contributed by atoms with Crippen LogP contribution in [0.1, 0.15) is 19.8 Å². The smallest absolute Gasteiger partial charge is 0.409 e. The lowest BCUT2D eigenvalue weighted by atomic mass is 10.1. The average molecular weight is 533 g/mol. The van der Waals surface area contributed by atoms with Crippen LogP contribution in [0.4, 0.5) is 4.79 Å². The molecule has 2 aromatic carbocycles. The number of likely N-dealkylation sites (tertiary alicyclic amines) is 1. The third-order valence-electron chi connectivity index (χ3n) is 5.81. The van der Waals surface area contributed by atoms with E-state index in [2.05, 4.69) is 10.3 Å².